The molecule has 0 bridgehead atoms. The van der Waals surface area contributed by atoms with Gasteiger partial charge in [-0.15, -0.1) is 0 Å². The maximum absolute atomic E-state index is 13.2. The summed E-state index contributed by atoms with van der Waals surface area (Å²) in [6.45, 7) is 6.38. The molecule has 0 rings (SSSR count). The molecule has 0 aliphatic carbocycles. The van der Waals surface area contributed by atoms with Gasteiger partial charge in [-0.25, -0.2) is 0 Å². The molecule has 6 heteroatoms. The summed E-state index contributed by atoms with van der Waals surface area (Å²) in [7, 11) is 0. The van der Waals surface area contributed by atoms with E-state index in [-0.39, 0.29) is 31.3 Å². The zero-order chi connectivity index (χ0) is 48.8. The molecule has 0 saturated heterocycles. The number of carbonyl (C=O) groups excluding carboxylic acids is 2. The highest BCUT2D eigenvalue weighted by Gasteiger charge is 2.24. The normalized spacial score (nSPS) is 13.7. The average molecular weight is 937 g/mol. The van der Waals surface area contributed by atoms with Crippen molar-refractivity contribution in [3.8, 4) is 0 Å². The Balaban J connectivity index is 4.59. The fourth-order valence-electron chi connectivity index (χ4n) is 8.52. The zero-order valence-corrected chi connectivity index (χ0v) is 44.3. The molecule has 3 unspecified atom stereocenters. The number of carbonyl (C=O) groups is 2. The standard InChI is InChI=1S/C61H109NO5/c1-4-7-10-13-16-19-22-25-27-29-30-32-34-36-39-42-45-48-51-54-61(66)67-57(52-49-46-43-40-37-24-21-18-15-12-9-6-3)55-60(65)62-58(56-63)59(64)53-50-47-44-41-38-35-33-31-28-26-23-20-17-14-11-8-5-2/h7,10,16,19,25,27,30,32,36,39,45,48,57-59,63-64H,4-6,8-9,11-15,17-18,20-24,26,28-29,31,33-35,37-38,40-44,46-47,49-56H2,1-3H3,(H,62,65)/b10-7-,19-16-,27-25-,32-30-,39-36-,48-45-. The van der Waals surface area contributed by atoms with Gasteiger partial charge in [0, 0.05) is 6.42 Å². The van der Waals surface area contributed by atoms with E-state index >= 15 is 0 Å². The fraction of sp³-hybridized carbons (Fsp3) is 0.770. The molecule has 388 valence electrons. The molecule has 0 saturated carbocycles. The second-order valence-corrected chi connectivity index (χ2v) is 19.3. The largest absolute Gasteiger partial charge is 0.462 e. The predicted molar refractivity (Wildman–Crippen MR) is 291 cm³/mol. The summed E-state index contributed by atoms with van der Waals surface area (Å²) >= 11 is 0. The van der Waals surface area contributed by atoms with Gasteiger partial charge in [0.15, 0.2) is 0 Å². The van der Waals surface area contributed by atoms with Gasteiger partial charge in [0.1, 0.15) is 6.10 Å². The molecule has 0 aromatic heterocycles. The number of hydrogen-bond acceptors (Lipinski definition) is 5. The van der Waals surface area contributed by atoms with Crippen LogP contribution in [0.15, 0.2) is 72.9 Å². The van der Waals surface area contributed by atoms with Gasteiger partial charge in [0.25, 0.3) is 0 Å². The molecule has 0 aliphatic rings. The molecule has 0 spiro atoms. The summed E-state index contributed by atoms with van der Waals surface area (Å²) in [5.41, 5.74) is 0. The lowest BCUT2D eigenvalue weighted by Gasteiger charge is -2.24. The van der Waals surface area contributed by atoms with Crippen molar-refractivity contribution in [3.05, 3.63) is 72.9 Å². The van der Waals surface area contributed by atoms with Crippen molar-refractivity contribution in [1.82, 2.24) is 5.32 Å². The lowest BCUT2D eigenvalue weighted by Crippen LogP contribution is -2.46. The Morgan fingerprint density at radius 2 is 0.776 bits per heavy atom. The average Bonchev–Trinajstić information content (AvgIpc) is 3.32. The van der Waals surface area contributed by atoms with Crippen LogP contribution in [0.1, 0.15) is 278 Å². The lowest BCUT2D eigenvalue weighted by molar-refractivity contribution is -0.150. The summed E-state index contributed by atoms with van der Waals surface area (Å²) < 4.78 is 5.91. The van der Waals surface area contributed by atoms with E-state index in [0.717, 1.165) is 77.0 Å². The van der Waals surface area contributed by atoms with Crippen molar-refractivity contribution in [2.24, 2.45) is 0 Å². The molecule has 0 radical (unpaired) electrons. The number of hydrogen-bond donors (Lipinski definition) is 3. The maximum atomic E-state index is 13.2. The second-order valence-electron chi connectivity index (χ2n) is 19.3. The highest BCUT2D eigenvalue weighted by molar-refractivity contribution is 5.77. The van der Waals surface area contributed by atoms with Crippen LogP contribution in [0, 0.1) is 0 Å². The Kier molecular flexibility index (Phi) is 52.1. The van der Waals surface area contributed by atoms with Gasteiger partial charge >= 0.3 is 5.97 Å². The van der Waals surface area contributed by atoms with E-state index in [0.29, 0.717) is 19.3 Å². The minimum absolute atomic E-state index is 0.0476. The topological polar surface area (TPSA) is 95.9 Å². The van der Waals surface area contributed by atoms with E-state index in [9.17, 15) is 19.8 Å². The molecule has 0 heterocycles. The van der Waals surface area contributed by atoms with E-state index in [1.165, 1.54) is 148 Å². The minimum Gasteiger partial charge on any atom is -0.462 e. The Labute approximate surface area is 415 Å². The van der Waals surface area contributed by atoms with Crippen molar-refractivity contribution in [3.63, 3.8) is 0 Å². The molecule has 6 nitrogen and oxygen atoms in total. The fourth-order valence-corrected chi connectivity index (χ4v) is 8.52. The number of rotatable bonds is 51. The van der Waals surface area contributed by atoms with E-state index in [1.807, 2.05) is 6.08 Å². The molecule has 0 aromatic rings. The van der Waals surface area contributed by atoms with E-state index in [1.54, 1.807) is 0 Å². The van der Waals surface area contributed by atoms with Gasteiger partial charge in [-0.05, 0) is 64.2 Å². The molecule has 0 fully saturated rings. The van der Waals surface area contributed by atoms with Gasteiger partial charge < -0.3 is 20.3 Å². The number of allylic oxidation sites excluding steroid dienone is 12. The van der Waals surface area contributed by atoms with Crippen LogP contribution >= 0.6 is 0 Å². The van der Waals surface area contributed by atoms with Crippen molar-refractivity contribution in [1.29, 1.82) is 0 Å². The first-order valence-electron chi connectivity index (χ1n) is 28.7. The highest BCUT2D eigenvalue weighted by Crippen LogP contribution is 2.18. The van der Waals surface area contributed by atoms with E-state index in [2.05, 4.69) is 92.9 Å². The third kappa shape index (κ3) is 49.5. The van der Waals surface area contributed by atoms with Gasteiger partial charge in [-0.1, -0.05) is 273 Å². The quantitative estimate of drug-likeness (QED) is 0.0321. The predicted octanol–water partition coefficient (Wildman–Crippen LogP) is 17.7. The molecule has 0 aliphatic heterocycles. The van der Waals surface area contributed by atoms with E-state index in [4.69, 9.17) is 4.74 Å². The molecule has 3 atom stereocenters. The summed E-state index contributed by atoms with van der Waals surface area (Å²) in [5, 5.41) is 23.9. The van der Waals surface area contributed by atoms with E-state index < -0.39 is 18.2 Å². The first-order valence-corrected chi connectivity index (χ1v) is 28.7. The minimum atomic E-state index is -0.802. The summed E-state index contributed by atoms with van der Waals surface area (Å²) in [6.07, 6.45) is 69.8. The Bertz CT molecular complexity index is 1230. The number of unbranched alkanes of at least 4 members (excludes halogenated alkanes) is 27. The van der Waals surface area contributed by atoms with Crippen LogP contribution in [0.4, 0.5) is 0 Å². The molecular weight excluding hydrogens is 827 g/mol. The summed E-state index contributed by atoms with van der Waals surface area (Å²) in [4.78, 5) is 26.2. The third-order valence-electron chi connectivity index (χ3n) is 12.8. The smallest absolute Gasteiger partial charge is 0.306 e. The Morgan fingerprint density at radius 1 is 0.448 bits per heavy atom. The van der Waals surface area contributed by atoms with Crippen LogP contribution in [0.2, 0.25) is 0 Å². The van der Waals surface area contributed by atoms with Crippen LogP contribution in [-0.4, -0.2) is 46.9 Å². The van der Waals surface area contributed by atoms with Gasteiger partial charge in [0.2, 0.25) is 5.91 Å². The number of ether oxygens (including phenoxy) is 1. The maximum Gasteiger partial charge on any atom is 0.306 e. The summed E-state index contributed by atoms with van der Waals surface area (Å²) in [6, 6.07) is -0.718. The third-order valence-corrected chi connectivity index (χ3v) is 12.8. The first-order chi connectivity index (χ1) is 33.0. The number of aliphatic hydroxyl groups excluding tert-OH is 2. The summed E-state index contributed by atoms with van der Waals surface area (Å²) in [5.74, 6) is -0.567. The molecule has 3 N–H and O–H groups in total. The van der Waals surface area contributed by atoms with Crippen molar-refractivity contribution in [2.45, 2.75) is 296 Å². The number of nitrogens with one attached hydrogen (secondary N) is 1. The lowest BCUT2D eigenvalue weighted by atomic mass is 10.0. The number of esters is 1. The van der Waals surface area contributed by atoms with Gasteiger partial charge in [-0.2, -0.15) is 0 Å². The highest BCUT2D eigenvalue weighted by atomic mass is 16.5. The number of amides is 1. The SMILES string of the molecule is CC/C=C\C/C=C\C/C=C\C/C=C\C/C=C\C/C=C\CCC(=O)OC(CCCCCCCCCCCCCC)CC(=O)NC(CO)C(O)CCCCCCCCCCCCCCCCCCC. The zero-order valence-electron chi connectivity index (χ0n) is 44.3. The monoisotopic (exact) mass is 936 g/mol. The van der Waals surface area contributed by atoms with Crippen molar-refractivity contribution < 1.29 is 24.5 Å². The Morgan fingerprint density at radius 3 is 1.13 bits per heavy atom. The van der Waals surface area contributed by atoms with Crippen LogP contribution < -0.4 is 5.32 Å². The molecule has 0 aromatic carbocycles. The van der Waals surface area contributed by atoms with Crippen LogP contribution in [0.25, 0.3) is 0 Å². The van der Waals surface area contributed by atoms with Gasteiger partial charge in [-0.3, -0.25) is 9.59 Å². The van der Waals surface area contributed by atoms with Crippen LogP contribution in [0.3, 0.4) is 0 Å². The van der Waals surface area contributed by atoms with Crippen molar-refractivity contribution >= 4 is 11.9 Å². The van der Waals surface area contributed by atoms with Crippen LogP contribution in [-0.2, 0) is 14.3 Å². The number of aliphatic hydroxyl groups is 2. The molecule has 67 heavy (non-hydrogen) atoms. The first kappa shape index (κ1) is 64.3. The molecule has 1 amide bonds. The van der Waals surface area contributed by atoms with Crippen LogP contribution in [0.5, 0.6) is 0 Å². The van der Waals surface area contributed by atoms with Gasteiger partial charge in [0.05, 0.1) is 25.2 Å². The molecular formula is C61H109NO5. The van der Waals surface area contributed by atoms with Crippen molar-refractivity contribution in [2.75, 3.05) is 6.61 Å². The second kappa shape index (κ2) is 54.2. The Hall–Kier alpha value is -2.70.